The molecule has 8 heavy (non-hydrogen) atoms. The summed E-state index contributed by atoms with van der Waals surface area (Å²) in [6, 6.07) is 0. The third kappa shape index (κ3) is 25.0. The van der Waals surface area contributed by atoms with Crippen LogP contribution in [0.5, 0.6) is 0 Å². The molecule has 0 saturated carbocycles. The normalized spacial score (nSPS) is 6.25. The van der Waals surface area contributed by atoms with Crippen molar-refractivity contribution in [2.75, 3.05) is 0 Å². The molecule has 8 heteroatoms. The van der Waals surface area contributed by atoms with Crippen molar-refractivity contribution in [2.45, 2.75) is 0 Å². The van der Waals surface area contributed by atoms with Crippen molar-refractivity contribution in [1.82, 2.24) is 4.86 Å². The van der Waals surface area contributed by atoms with E-state index in [0.29, 0.717) is 0 Å². The van der Waals surface area contributed by atoms with E-state index in [2.05, 4.69) is 28.2 Å². The standard InChI is InChI=1S/3ClH.H5N2P3/c;;;3-1-5-2-4/h3*1H;3-4H2,(H,1,2). The van der Waals surface area contributed by atoms with Gasteiger partial charge in [-0.05, 0) is 9.39 Å². The van der Waals surface area contributed by atoms with Crippen molar-refractivity contribution in [2.24, 2.45) is 4.52 Å². The minimum Gasteiger partial charge on any atom is -0.239 e. The van der Waals surface area contributed by atoms with E-state index in [1.165, 1.54) is 0 Å². The van der Waals surface area contributed by atoms with Crippen LogP contribution in [0, 0.1) is 0 Å². The fourth-order valence-electron chi connectivity index (χ4n) is 0.0333. The molecule has 0 saturated heterocycles. The monoisotopic (exact) mass is 234 g/mol. The van der Waals surface area contributed by atoms with Crippen LogP contribution >= 0.6 is 64.5 Å². The van der Waals surface area contributed by atoms with E-state index in [4.69, 9.17) is 0 Å². The van der Waals surface area contributed by atoms with Gasteiger partial charge in [0.15, 0.2) is 0 Å². The van der Waals surface area contributed by atoms with Gasteiger partial charge < -0.3 is 0 Å². The average molecular weight is 235 g/mol. The molecule has 0 aliphatic rings. The van der Waals surface area contributed by atoms with E-state index < -0.39 is 0 Å². The summed E-state index contributed by atoms with van der Waals surface area (Å²) in [5.41, 5.74) is 0. The van der Waals surface area contributed by atoms with Crippen LogP contribution in [-0.2, 0) is 0 Å². The summed E-state index contributed by atoms with van der Waals surface area (Å²) in [5.74, 6) is 0. The summed E-state index contributed by atoms with van der Waals surface area (Å²) in [5, 5.41) is 0. The lowest BCUT2D eigenvalue weighted by atomic mass is 13.9. The van der Waals surface area contributed by atoms with E-state index in [1.54, 1.807) is 0 Å². The molecule has 54 valence electrons. The Hall–Kier alpha value is 1.79. The lowest BCUT2D eigenvalue weighted by Crippen LogP contribution is -1.59. The number of nitrogens with one attached hydrogen (secondary N) is 1. The van der Waals surface area contributed by atoms with Crippen molar-refractivity contribution in [3.63, 3.8) is 0 Å². The molecule has 0 heterocycles. The zero-order valence-corrected chi connectivity index (χ0v) is 9.43. The molecular formula is H8Cl3N2P3. The van der Waals surface area contributed by atoms with Crippen LogP contribution in [0.2, 0.25) is 0 Å². The quantitative estimate of drug-likeness (QED) is 0.694. The van der Waals surface area contributed by atoms with E-state index >= 15 is 0 Å². The molecule has 0 aromatic rings. The maximum atomic E-state index is 3.61. The lowest BCUT2D eigenvalue weighted by molar-refractivity contribution is 1.74. The second-order valence-electron chi connectivity index (χ2n) is 0.345. The fourth-order valence-corrected chi connectivity index (χ4v) is 0.900. The zero-order valence-electron chi connectivity index (χ0n) is 3.77. The molecule has 2 unspecified atom stereocenters. The van der Waals surface area contributed by atoms with Crippen molar-refractivity contribution in [3.05, 3.63) is 0 Å². The highest BCUT2D eigenvalue weighted by Crippen LogP contribution is 1.98. The molecule has 1 N–H and O–H groups in total. The van der Waals surface area contributed by atoms with Crippen LogP contribution in [0.25, 0.3) is 0 Å². The molecule has 0 aromatic carbocycles. The van der Waals surface area contributed by atoms with Gasteiger partial charge in [0.05, 0.1) is 8.52 Å². The molecule has 0 fully saturated rings. The third-order valence-corrected chi connectivity index (χ3v) is 1.04. The molecule has 0 aliphatic heterocycles. The summed E-state index contributed by atoms with van der Waals surface area (Å²) in [6.45, 7) is 0. The van der Waals surface area contributed by atoms with E-state index in [9.17, 15) is 0 Å². The highest BCUT2D eigenvalue weighted by Gasteiger charge is 1.49. The van der Waals surface area contributed by atoms with Gasteiger partial charge in [-0.2, -0.15) is 0 Å². The maximum absolute atomic E-state index is 3.61. The van der Waals surface area contributed by atoms with Crippen molar-refractivity contribution >= 4 is 64.5 Å². The Kier molecular flexibility index (Phi) is 65.6. The van der Waals surface area contributed by atoms with Gasteiger partial charge in [0.2, 0.25) is 0 Å². The first-order valence-electron chi connectivity index (χ1n) is 0.970. The van der Waals surface area contributed by atoms with Gasteiger partial charge in [0.25, 0.3) is 0 Å². The van der Waals surface area contributed by atoms with E-state index in [-0.39, 0.29) is 37.2 Å². The van der Waals surface area contributed by atoms with Gasteiger partial charge in [0.1, 0.15) is 0 Å². The summed E-state index contributed by atoms with van der Waals surface area (Å²) in [7, 11) is 5.45. The first kappa shape index (κ1) is 22.6. The van der Waals surface area contributed by atoms with Crippen LogP contribution in [0.4, 0.5) is 0 Å². The molecule has 0 aromatic heterocycles. The van der Waals surface area contributed by atoms with E-state index in [1.807, 2.05) is 0 Å². The lowest BCUT2D eigenvalue weighted by Gasteiger charge is -1.69. The molecule has 0 spiro atoms. The highest BCUT2D eigenvalue weighted by atomic mass is 35.5. The van der Waals surface area contributed by atoms with Gasteiger partial charge in [0, 0.05) is 0 Å². The molecule has 2 nitrogen and oxygen atoms in total. The smallest absolute Gasteiger partial charge is 0.0973 e. The number of rotatable bonds is 1. The first-order valence-corrected chi connectivity index (χ1v) is 2.91. The Morgan fingerprint density at radius 1 is 1.25 bits per heavy atom. The van der Waals surface area contributed by atoms with Crippen LogP contribution < -0.4 is 4.86 Å². The molecule has 2 atom stereocenters. The topological polar surface area (TPSA) is 24.4 Å². The van der Waals surface area contributed by atoms with Gasteiger partial charge in [-0.1, -0.05) is 9.39 Å². The second kappa shape index (κ2) is 23.2. The number of halogens is 3. The number of hydrogen-bond acceptors (Lipinski definition) is 1. The van der Waals surface area contributed by atoms with E-state index in [0.717, 1.165) is 8.52 Å². The molecule has 0 rings (SSSR count). The Balaban J connectivity index is -0.0000000267. The van der Waals surface area contributed by atoms with Gasteiger partial charge in [-0.3, -0.25) is 0 Å². The van der Waals surface area contributed by atoms with Crippen molar-refractivity contribution in [1.29, 1.82) is 0 Å². The van der Waals surface area contributed by atoms with Gasteiger partial charge in [-0.25, -0.2) is 9.37 Å². The SMILES string of the molecule is Cl.Cl.Cl.PN=PNP. The Bertz CT molecular complexity index is 39.5. The van der Waals surface area contributed by atoms with Crippen LogP contribution in [-0.4, -0.2) is 0 Å². The van der Waals surface area contributed by atoms with Crippen molar-refractivity contribution in [3.8, 4) is 0 Å². The number of hydrogen-bond donors (Lipinski definition) is 1. The minimum absolute atomic E-state index is 0. The molecular weight excluding hydrogens is 227 g/mol. The Morgan fingerprint density at radius 2 is 1.62 bits per heavy atom. The van der Waals surface area contributed by atoms with Crippen LogP contribution in [0.15, 0.2) is 4.52 Å². The summed E-state index contributed by atoms with van der Waals surface area (Å²) in [6.07, 6.45) is 0. The molecule has 0 amide bonds. The fraction of sp³-hybridized carbons (Fsp3) is 0. The Labute approximate surface area is 74.0 Å². The zero-order chi connectivity index (χ0) is 4.12. The van der Waals surface area contributed by atoms with Gasteiger partial charge >= 0.3 is 0 Å². The molecule has 0 bridgehead atoms. The third-order valence-electron chi connectivity index (χ3n) is 0.115. The highest BCUT2D eigenvalue weighted by molar-refractivity contribution is 7.41. The van der Waals surface area contributed by atoms with Gasteiger partial charge in [-0.15, -0.1) is 37.2 Å². The summed E-state index contributed by atoms with van der Waals surface area (Å²) >= 11 is 0. The Morgan fingerprint density at radius 3 is 1.62 bits per heavy atom. The van der Waals surface area contributed by atoms with Crippen LogP contribution in [0.1, 0.15) is 0 Å². The van der Waals surface area contributed by atoms with Crippen LogP contribution in [0.3, 0.4) is 0 Å². The first-order chi connectivity index (χ1) is 2.41. The maximum Gasteiger partial charge on any atom is 0.0973 e. The molecule has 0 radical (unpaired) electrons. The average Bonchev–Trinajstić information content (AvgIpc) is 1.41. The molecule has 0 aliphatic carbocycles. The largest absolute Gasteiger partial charge is 0.239 e. The summed E-state index contributed by atoms with van der Waals surface area (Å²) in [4.78, 5) is 2.72. The van der Waals surface area contributed by atoms with Crippen molar-refractivity contribution < 1.29 is 0 Å². The number of nitrogens with zero attached hydrogens (tertiary/aromatic N) is 1. The minimum atomic E-state index is 0. The predicted molar refractivity (Wildman–Crippen MR) is 53.6 cm³/mol. The second-order valence-corrected chi connectivity index (χ2v) is 2.50. The predicted octanol–water partition coefficient (Wildman–Crippen LogP) is 2.47. The summed E-state index contributed by atoms with van der Waals surface area (Å²) < 4.78 is 3.61.